The van der Waals surface area contributed by atoms with Gasteiger partial charge in [-0.05, 0) is 44.2 Å². The number of aromatic nitrogens is 1. The van der Waals surface area contributed by atoms with Crippen LogP contribution in [-0.4, -0.2) is 35.1 Å². The zero-order valence-corrected chi connectivity index (χ0v) is 10.8. The molecule has 0 bridgehead atoms. The summed E-state index contributed by atoms with van der Waals surface area (Å²) >= 11 is 0. The standard InChI is InChI=1S/C15H18N2O/c1-11-3-4-12-9-13(5-6-14(12)16-11)15(18)7-8-17(2)10-15/h3-6,9,18H,7-8,10H2,1-2H3. The van der Waals surface area contributed by atoms with Crippen molar-refractivity contribution < 1.29 is 5.11 Å². The van der Waals surface area contributed by atoms with Gasteiger partial charge < -0.3 is 10.0 Å². The second kappa shape index (κ2) is 4.04. The first-order valence-corrected chi connectivity index (χ1v) is 6.36. The highest BCUT2D eigenvalue weighted by Crippen LogP contribution is 2.32. The Morgan fingerprint density at radius 3 is 2.83 bits per heavy atom. The van der Waals surface area contributed by atoms with E-state index in [2.05, 4.69) is 22.0 Å². The lowest BCUT2D eigenvalue weighted by Crippen LogP contribution is -2.29. The number of likely N-dealkylation sites (tertiary alicyclic amines) is 1. The monoisotopic (exact) mass is 242 g/mol. The van der Waals surface area contributed by atoms with E-state index in [1.165, 1.54) is 0 Å². The lowest BCUT2D eigenvalue weighted by molar-refractivity contribution is 0.0490. The highest BCUT2D eigenvalue weighted by molar-refractivity contribution is 5.79. The maximum absolute atomic E-state index is 10.7. The van der Waals surface area contributed by atoms with Crippen LogP contribution in [-0.2, 0) is 5.60 Å². The zero-order valence-electron chi connectivity index (χ0n) is 10.8. The average molecular weight is 242 g/mol. The van der Waals surface area contributed by atoms with Gasteiger partial charge in [0.2, 0.25) is 0 Å². The number of pyridine rings is 1. The third kappa shape index (κ3) is 1.89. The van der Waals surface area contributed by atoms with Crippen molar-refractivity contribution in [3.63, 3.8) is 0 Å². The number of aliphatic hydroxyl groups is 1. The van der Waals surface area contributed by atoms with Crippen LogP contribution in [0.15, 0.2) is 30.3 Å². The zero-order chi connectivity index (χ0) is 12.8. The fourth-order valence-corrected chi connectivity index (χ4v) is 2.73. The number of hydrogen-bond acceptors (Lipinski definition) is 3. The summed E-state index contributed by atoms with van der Waals surface area (Å²) in [6, 6.07) is 10.2. The third-order valence-electron chi connectivity index (χ3n) is 3.80. The molecule has 0 saturated carbocycles. The van der Waals surface area contributed by atoms with Crippen LogP contribution in [0.4, 0.5) is 0 Å². The second-order valence-corrected chi connectivity index (χ2v) is 5.38. The van der Waals surface area contributed by atoms with Crippen molar-refractivity contribution in [1.29, 1.82) is 0 Å². The number of benzene rings is 1. The van der Waals surface area contributed by atoms with Crippen molar-refractivity contribution in [2.75, 3.05) is 20.1 Å². The molecule has 3 heteroatoms. The summed E-state index contributed by atoms with van der Waals surface area (Å²) in [5.74, 6) is 0. The second-order valence-electron chi connectivity index (χ2n) is 5.38. The highest BCUT2D eigenvalue weighted by atomic mass is 16.3. The predicted octanol–water partition coefficient (Wildman–Crippen LogP) is 2.07. The van der Waals surface area contributed by atoms with Gasteiger partial charge >= 0.3 is 0 Å². The fourth-order valence-electron chi connectivity index (χ4n) is 2.73. The Bertz CT molecular complexity index is 596. The molecule has 0 amide bonds. The Hall–Kier alpha value is -1.45. The molecule has 94 valence electrons. The number of nitrogens with zero attached hydrogens (tertiary/aromatic N) is 2. The van der Waals surface area contributed by atoms with Crippen LogP contribution in [0.1, 0.15) is 17.7 Å². The molecule has 0 spiro atoms. The van der Waals surface area contributed by atoms with Crippen LogP contribution in [0.25, 0.3) is 10.9 Å². The van der Waals surface area contributed by atoms with Crippen LogP contribution < -0.4 is 0 Å². The molecule has 2 heterocycles. The molecule has 1 N–H and O–H groups in total. The third-order valence-corrected chi connectivity index (χ3v) is 3.80. The predicted molar refractivity (Wildman–Crippen MR) is 72.5 cm³/mol. The van der Waals surface area contributed by atoms with E-state index in [1.807, 2.05) is 32.2 Å². The topological polar surface area (TPSA) is 36.4 Å². The molecule has 2 aromatic rings. The lowest BCUT2D eigenvalue weighted by Gasteiger charge is -2.23. The number of hydrogen-bond donors (Lipinski definition) is 1. The molecule has 0 radical (unpaired) electrons. The molecule has 1 fully saturated rings. The summed E-state index contributed by atoms with van der Waals surface area (Å²) in [6.45, 7) is 3.64. The highest BCUT2D eigenvalue weighted by Gasteiger charge is 2.36. The molecule has 1 atom stereocenters. The van der Waals surface area contributed by atoms with Crippen LogP contribution in [0, 0.1) is 6.92 Å². The molecule has 1 saturated heterocycles. The molecule has 1 unspecified atom stereocenters. The van der Waals surface area contributed by atoms with Crippen LogP contribution in [0.5, 0.6) is 0 Å². The van der Waals surface area contributed by atoms with Gasteiger partial charge in [-0.1, -0.05) is 12.1 Å². The lowest BCUT2D eigenvalue weighted by atomic mass is 9.92. The molecule has 3 rings (SSSR count). The molecular weight excluding hydrogens is 224 g/mol. The smallest absolute Gasteiger partial charge is 0.103 e. The minimum atomic E-state index is -0.701. The van der Waals surface area contributed by atoms with E-state index >= 15 is 0 Å². The number of fused-ring (bicyclic) bond motifs is 1. The molecule has 1 aliphatic rings. The summed E-state index contributed by atoms with van der Waals surface area (Å²) < 4.78 is 0. The number of likely N-dealkylation sites (N-methyl/N-ethyl adjacent to an activating group) is 1. The average Bonchev–Trinajstić information content (AvgIpc) is 2.70. The molecule has 18 heavy (non-hydrogen) atoms. The summed E-state index contributed by atoms with van der Waals surface area (Å²) in [6.07, 6.45) is 0.800. The van der Waals surface area contributed by atoms with Crippen molar-refractivity contribution in [2.45, 2.75) is 18.9 Å². The van der Waals surface area contributed by atoms with E-state index in [1.54, 1.807) is 0 Å². The van der Waals surface area contributed by atoms with Gasteiger partial charge in [0, 0.05) is 24.2 Å². The van der Waals surface area contributed by atoms with Crippen molar-refractivity contribution >= 4 is 10.9 Å². The van der Waals surface area contributed by atoms with E-state index in [4.69, 9.17) is 0 Å². The van der Waals surface area contributed by atoms with E-state index in [9.17, 15) is 5.11 Å². The largest absolute Gasteiger partial charge is 0.384 e. The molecule has 1 aliphatic heterocycles. The van der Waals surface area contributed by atoms with Crippen molar-refractivity contribution in [1.82, 2.24) is 9.88 Å². The molecular formula is C15H18N2O. The first-order valence-electron chi connectivity index (χ1n) is 6.36. The van der Waals surface area contributed by atoms with Gasteiger partial charge in [0.15, 0.2) is 0 Å². The first kappa shape index (κ1) is 11.6. The van der Waals surface area contributed by atoms with E-state index in [-0.39, 0.29) is 0 Å². The summed E-state index contributed by atoms with van der Waals surface area (Å²) in [4.78, 5) is 6.65. The van der Waals surface area contributed by atoms with E-state index < -0.39 is 5.60 Å². The maximum Gasteiger partial charge on any atom is 0.103 e. The molecule has 1 aromatic heterocycles. The Morgan fingerprint density at radius 2 is 2.11 bits per heavy atom. The van der Waals surface area contributed by atoms with Gasteiger partial charge in [0.05, 0.1) is 5.52 Å². The van der Waals surface area contributed by atoms with Crippen LogP contribution in [0.3, 0.4) is 0 Å². The Kier molecular flexibility index (Phi) is 2.61. The van der Waals surface area contributed by atoms with Gasteiger partial charge in [-0.3, -0.25) is 4.98 Å². The normalized spacial score (nSPS) is 24.8. The SMILES string of the molecule is Cc1ccc2cc(C3(O)CCN(C)C3)ccc2n1. The quantitative estimate of drug-likeness (QED) is 0.831. The van der Waals surface area contributed by atoms with Crippen molar-refractivity contribution in [2.24, 2.45) is 0 Å². The number of β-amino-alcohol motifs (C(OH)–C–C–N with tert-alkyl or cyclic N) is 1. The van der Waals surface area contributed by atoms with Crippen LogP contribution >= 0.6 is 0 Å². The summed E-state index contributed by atoms with van der Waals surface area (Å²) in [5, 5.41) is 11.8. The van der Waals surface area contributed by atoms with E-state index in [0.29, 0.717) is 6.54 Å². The Balaban J connectivity index is 2.06. The van der Waals surface area contributed by atoms with Gasteiger partial charge in [-0.15, -0.1) is 0 Å². The molecule has 1 aromatic carbocycles. The summed E-state index contributed by atoms with van der Waals surface area (Å²) in [7, 11) is 2.05. The van der Waals surface area contributed by atoms with Gasteiger partial charge in [-0.2, -0.15) is 0 Å². The Morgan fingerprint density at radius 1 is 1.28 bits per heavy atom. The molecule has 0 aliphatic carbocycles. The van der Waals surface area contributed by atoms with Gasteiger partial charge in [0.1, 0.15) is 5.60 Å². The number of aryl methyl sites for hydroxylation is 1. The number of rotatable bonds is 1. The van der Waals surface area contributed by atoms with E-state index in [0.717, 1.165) is 35.1 Å². The van der Waals surface area contributed by atoms with Crippen LogP contribution in [0.2, 0.25) is 0 Å². The fraction of sp³-hybridized carbons (Fsp3) is 0.400. The Labute approximate surface area is 107 Å². The van der Waals surface area contributed by atoms with Crippen molar-refractivity contribution in [3.05, 3.63) is 41.6 Å². The van der Waals surface area contributed by atoms with Crippen molar-refractivity contribution in [3.8, 4) is 0 Å². The summed E-state index contributed by atoms with van der Waals surface area (Å²) in [5.41, 5.74) is 2.32. The van der Waals surface area contributed by atoms with Gasteiger partial charge in [-0.25, -0.2) is 0 Å². The minimum Gasteiger partial charge on any atom is -0.384 e. The first-order chi connectivity index (χ1) is 8.57. The maximum atomic E-state index is 10.7. The minimum absolute atomic E-state index is 0.701. The molecule has 3 nitrogen and oxygen atoms in total. The van der Waals surface area contributed by atoms with Gasteiger partial charge in [0.25, 0.3) is 0 Å².